The molecule has 0 saturated heterocycles. The molecule has 0 unspecified atom stereocenters. The molecule has 114 valence electrons. The van der Waals surface area contributed by atoms with E-state index in [-0.39, 0.29) is 12.4 Å². The number of allylic oxidation sites excluding steroid dienone is 1. The number of carbonyl (C=O) groups is 1. The first-order chi connectivity index (χ1) is 10.6. The van der Waals surface area contributed by atoms with Gasteiger partial charge in [0.05, 0.1) is 7.11 Å². The van der Waals surface area contributed by atoms with Gasteiger partial charge in [-0.3, -0.25) is 4.79 Å². The van der Waals surface area contributed by atoms with E-state index in [9.17, 15) is 9.18 Å². The van der Waals surface area contributed by atoms with Crippen LogP contribution in [-0.4, -0.2) is 12.4 Å². The van der Waals surface area contributed by atoms with Crippen molar-refractivity contribution in [1.29, 1.82) is 0 Å². The minimum Gasteiger partial charge on any atom is -0.493 e. The highest BCUT2D eigenvalue weighted by Gasteiger charge is 2.07. The van der Waals surface area contributed by atoms with Gasteiger partial charge in [-0.1, -0.05) is 30.3 Å². The second kappa shape index (κ2) is 7.61. The van der Waals surface area contributed by atoms with Crippen molar-refractivity contribution >= 4 is 22.9 Å². The highest BCUT2D eigenvalue weighted by molar-refractivity contribution is 6.66. The molecule has 0 atom stereocenters. The summed E-state index contributed by atoms with van der Waals surface area (Å²) in [6.07, 6.45) is 2.81. The standard InChI is InChI=1S/C17H14ClFO3/c1-21-16-10-12(7-9-17(18)20)6-8-15(16)22-11-13-4-2-3-5-14(13)19/h2-10H,11H2,1H3/b9-7+. The maximum atomic E-state index is 13.6. The van der Waals surface area contributed by atoms with Crippen LogP contribution in [0.2, 0.25) is 0 Å². The molecular formula is C17H14ClFO3. The van der Waals surface area contributed by atoms with E-state index in [0.717, 1.165) is 5.56 Å². The fraction of sp³-hybridized carbons (Fsp3) is 0.118. The Kier molecular flexibility index (Phi) is 5.55. The van der Waals surface area contributed by atoms with Crippen LogP contribution < -0.4 is 9.47 Å². The molecular weight excluding hydrogens is 307 g/mol. The molecule has 0 heterocycles. The Hall–Kier alpha value is -2.33. The number of benzene rings is 2. The lowest BCUT2D eigenvalue weighted by Gasteiger charge is -2.11. The Labute approximate surface area is 132 Å². The number of halogens is 2. The van der Waals surface area contributed by atoms with Crippen molar-refractivity contribution in [3.63, 3.8) is 0 Å². The molecule has 0 spiro atoms. The molecule has 0 fully saturated rings. The van der Waals surface area contributed by atoms with E-state index in [1.165, 1.54) is 19.3 Å². The van der Waals surface area contributed by atoms with Gasteiger partial charge in [0.25, 0.3) is 0 Å². The molecule has 22 heavy (non-hydrogen) atoms. The number of methoxy groups -OCH3 is 1. The van der Waals surface area contributed by atoms with Gasteiger partial charge in [-0.05, 0) is 41.4 Å². The zero-order chi connectivity index (χ0) is 15.9. The molecule has 0 aliphatic carbocycles. The van der Waals surface area contributed by atoms with Crippen molar-refractivity contribution in [2.24, 2.45) is 0 Å². The maximum Gasteiger partial charge on any atom is 0.245 e. The summed E-state index contributed by atoms with van der Waals surface area (Å²) in [5.41, 5.74) is 1.20. The highest BCUT2D eigenvalue weighted by Crippen LogP contribution is 2.29. The molecule has 5 heteroatoms. The molecule has 0 aliphatic rings. The Bertz CT molecular complexity index is 698. The molecule has 0 N–H and O–H groups in total. The predicted molar refractivity (Wildman–Crippen MR) is 83.6 cm³/mol. The number of hydrogen-bond donors (Lipinski definition) is 0. The second-order valence-electron chi connectivity index (χ2n) is 4.43. The highest BCUT2D eigenvalue weighted by atomic mass is 35.5. The number of hydrogen-bond acceptors (Lipinski definition) is 3. The third-order valence-electron chi connectivity index (χ3n) is 2.94. The molecule has 2 aromatic carbocycles. The Morgan fingerprint density at radius 1 is 1.23 bits per heavy atom. The summed E-state index contributed by atoms with van der Waals surface area (Å²) in [6, 6.07) is 11.5. The quantitative estimate of drug-likeness (QED) is 0.591. The third-order valence-corrected chi connectivity index (χ3v) is 3.06. The van der Waals surface area contributed by atoms with Crippen LogP contribution in [0.15, 0.2) is 48.5 Å². The van der Waals surface area contributed by atoms with Gasteiger partial charge in [-0.2, -0.15) is 0 Å². The second-order valence-corrected chi connectivity index (χ2v) is 4.80. The van der Waals surface area contributed by atoms with Crippen LogP contribution in [0.5, 0.6) is 11.5 Å². The maximum absolute atomic E-state index is 13.6. The summed E-state index contributed by atoms with van der Waals surface area (Å²) in [5.74, 6) is 0.655. The van der Waals surface area contributed by atoms with Crippen LogP contribution in [0.3, 0.4) is 0 Å². The van der Waals surface area contributed by atoms with Crippen molar-refractivity contribution in [2.45, 2.75) is 6.61 Å². The van der Waals surface area contributed by atoms with E-state index >= 15 is 0 Å². The average molecular weight is 321 g/mol. The van der Waals surface area contributed by atoms with Gasteiger partial charge in [0, 0.05) is 5.56 Å². The summed E-state index contributed by atoms with van der Waals surface area (Å²) in [7, 11) is 1.51. The Morgan fingerprint density at radius 3 is 2.68 bits per heavy atom. The van der Waals surface area contributed by atoms with Crippen LogP contribution in [0.25, 0.3) is 6.08 Å². The van der Waals surface area contributed by atoms with E-state index in [2.05, 4.69) is 0 Å². The number of rotatable bonds is 6. The number of carbonyl (C=O) groups excluding carboxylic acids is 1. The smallest absolute Gasteiger partial charge is 0.245 e. The molecule has 2 rings (SSSR count). The van der Waals surface area contributed by atoms with Crippen molar-refractivity contribution in [2.75, 3.05) is 7.11 Å². The van der Waals surface area contributed by atoms with Gasteiger partial charge in [-0.15, -0.1) is 0 Å². The molecule has 0 bridgehead atoms. The fourth-order valence-electron chi connectivity index (χ4n) is 1.84. The molecule has 2 aromatic rings. The van der Waals surface area contributed by atoms with Gasteiger partial charge in [-0.25, -0.2) is 4.39 Å². The first-order valence-electron chi connectivity index (χ1n) is 6.52. The van der Waals surface area contributed by atoms with Gasteiger partial charge in [0.1, 0.15) is 12.4 Å². The third kappa shape index (κ3) is 4.33. The lowest BCUT2D eigenvalue weighted by molar-refractivity contribution is -0.107. The van der Waals surface area contributed by atoms with Crippen molar-refractivity contribution in [1.82, 2.24) is 0 Å². The fourth-order valence-corrected chi connectivity index (χ4v) is 1.90. The van der Waals surface area contributed by atoms with Gasteiger partial charge in [0.2, 0.25) is 5.24 Å². The van der Waals surface area contributed by atoms with Crippen molar-refractivity contribution < 1.29 is 18.7 Å². The summed E-state index contributed by atoms with van der Waals surface area (Å²) in [4.78, 5) is 10.7. The van der Waals surface area contributed by atoms with E-state index < -0.39 is 5.24 Å². The Balaban J connectivity index is 2.14. The van der Waals surface area contributed by atoms with Crippen LogP contribution in [0.4, 0.5) is 4.39 Å². The van der Waals surface area contributed by atoms with Gasteiger partial charge >= 0.3 is 0 Å². The SMILES string of the molecule is COc1cc(/C=C/C(=O)Cl)ccc1OCc1ccccc1F. The molecule has 0 aromatic heterocycles. The van der Waals surface area contributed by atoms with E-state index in [0.29, 0.717) is 17.1 Å². The summed E-state index contributed by atoms with van der Waals surface area (Å²) >= 11 is 5.25. The number of ether oxygens (including phenoxy) is 2. The minimum absolute atomic E-state index is 0.0956. The minimum atomic E-state index is -0.557. The molecule has 0 radical (unpaired) electrons. The normalized spacial score (nSPS) is 10.7. The zero-order valence-electron chi connectivity index (χ0n) is 11.9. The van der Waals surface area contributed by atoms with E-state index in [4.69, 9.17) is 21.1 Å². The summed E-state index contributed by atoms with van der Waals surface area (Å²) in [6.45, 7) is 0.0956. The first kappa shape index (κ1) is 16.0. The van der Waals surface area contributed by atoms with Crippen LogP contribution >= 0.6 is 11.6 Å². The van der Waals surface area contributed by atoms with Crippen molar-refractivity contribution in [3.05, 3.63) is 65.5 Å². The lowest BCUT2D eigenvalue weighted by Crippen LogP contribution is -2.00. The van der Waals surface area contributed by atoms with Crippen LogP contribution in [0.1, 0.15) is 11.1 Å². The molecule has 0 aliphatic heterocycles. The van der Waals surface area contributed by atoms with Crippen LogP contribution in [0, 0.1) is 5.82 Å². The average Bonchev–Trinajstić information content (AvgIpc) is 2.52. The van der Waals surface area contributed by atoms with E-state index in [1.54, 1.807) is 42.5 Å². The molecule has 3 nitrogen and oxygen atoms in total. The zero-order valence-corrected chi connectivity index (χ0v) is 12.6. The van der Waals surface area contributed by atoms with E-state index in [1.807, 2.05) is 0 Å². The largest absolute Gasteiger partial charge is 0.493 e. The topological polar surface area (TPSA) is 35.5 Å². The summed E-state index contributed by atoms with van der Waals surface area (Å²) in [5, 5.41) is -0.557. The monoisotopic (exact) mass is 320 g/mol. The lowest BCUT2D eigenvalue weighted by atomic mass is 10.2. The van der Waals surface area contributed by atoms with Gasteiger partial charge < -0.3 is 9.47 Å². The van der Waals surface area contributed by atoms with Crippen LogP contribution in [-0.2, 0) is 11.4 Å². The predicted octanol–water partition coefficient (Wildman–Crippen LogP) is 4.19. The molecule has 0 saturated carbocycles. The van der Waals surface area contributed by atoms with Gasteiger partial charge in [0.15, 0.2) is 11.5 Å². The summed E-state index contributed by atoms with van der Waals surface area (Å²) < 4.78 is 24.4. The van der Waals surface area contributed by atoms with Crippen molar-refractivity contribution in [3.8, 4) is 11.5 Å². The Morgan fingerprint density at radius 2 is 2.00 bits per heavy atom. The first-order valence-corrected chi connectivity index (χ1v) is 6.89. The molecule has 0 amide bonds.